The van der Waals surface area contributed by atoms with Crippen LogP contribution in [0, 0.1) is 5.92 Å². The first kappa shape index (κ1) is 28.9. The number of nitrogens with one attached hydrogen (secondary N) is 2. The SMILES string of the molecule is CCOc1cc([C@H]2c3sc(=O)[nH]c3SC3C(=O)N(c4ccccc4)C(=O)C32)ccc1OCC(=O)Nc1cccc2ccccc12. The second-order valence-electron chi connectivity index (χ2n) is 10.6. The van der Waals surface area contributed by atoms with Gasteiger partial charge in [0.15, 0.2) is 18.1 Å². The molecule has 2 aliphatic heterocycles. The van der Waals surface area contributed by atoms with Crippen molar-refractivity contribution in [2.75, 3.05) is 23.4 Å². The van der Waals surface area contributed by atoms with E-state index in [1.807, 2.05) is 55.5 Å². The molecule has 1 aromatic heterocycles. The zero-order valence-electron chi connectivity index (χ0n) is 24.0. The maximum atomic E-state index is 13.9. The van der Waals surface area contributed by atoms with Gasteiger partial charge in [-0.15, -0.1) is 0 Å². The van der Waals surface area contributed by atoms with Gasteiger partial charge in [0.1, 0.15) is 5.25 Å². The molecule has 3 heterocycles. The summed E-state index contributed by atoms with van der Waals surface area (Å²) in [5.41, 5.74) is 1.90. The predicted octanol–water partition coefficient (Wildman–Crippen LogP) is 5.80. The number of carbonyl (C=O) groups excluding carboxylic acids is 3. The summed E-state index contributed by atoms with van der Waals surface area (Å²) in [6.07, 6.45) is 0. The summed E-state index contributed by atoms with van der Waals surface area (Å²) in [7, 11) is 0. The molecule has 3 amide bonds. The summed E-state index contributed by atoms with van der Waals surface area (Å²) in [6, 6.07) is 27.6. The fourth-order valence-electron chi connectivity index (χ4n) is 5.98. The highest BCUT2D eigenvalue weighted by molar-refractivity contribution is 8.00. The predicted molar refractivity (Wildman–Crippen MR) is 175 cm³/mol. The minimum absolute atomic E-state index is 0.250. The largest absolute Gasteiger partial charge is 0.490 e. The lowest BCUT2D eigenvalue weighted by Crippen LogP contribution is -2.32. The number of H-pyrrole nitrogens is 1. The number of thiazole rings is 1. The number of hydrogen-bond donors (Lipinski definition) is 2. The Balaban J connectivity index is 1.18. The van der Waals surface area contributed by atoms with E-state index in [0.717, 1.165) is 22.1 Å². The normalized spacial score (nSPS) is 18.9. The molecule has 9 nitrogen and oxygen atoms in total. The first-order valence-electron chi connectivity index (χ1n) is 14.4. The van der Waals surface area contributed by atoms with Crippen LogP contribution in [-0.4, -0.2) is 41.2 Å². The number of carbonyl (C=O) groups is 3. The molecule has 4 aromatic carbocycles. The molecule has 0 saturated carbocycles. The van der Waals surface area contributed by atoms with Crippen molar-refractivity contribution < 1.29 is 23.9 Å². The minimum atomic E-state index is -0.727. The first-order valence-corrected chi connectivity index (χ1v) is 16.1. The minimum Gasteiger partial charge on any atom is -0.490 e. The van der Waals surface area contributed by atoms with Gasteiger partial charge in [-0.05, 0) is 48.2 Å². The molecule has 2 unspecified atom stereocenters. The van der Waals surface area contributed by atoms with Crippen LogP contribution < -0.4 is 24.6 Å². The monoisotopic (exact) mass is 637 g/mol. The van der Waals surface area contributed by atoms with Crippen LogP contribution in [0.25, 0.3) is 10.8 Å². The third-order valence-corrected chi connectivity index (χ3v) is 10.3. The van der Waals surface area contributed by atoms with Crippen LogP contribution in [0.5, 0.6) is 11.5 Å². The fraction of sp³-hybridized carbons (Fsp3) is 0.176. The molecule has 5 aromatic rings. The standard InChI is InChI=1S/C34H27N3O6S2/c1-2-42-25-17-20(15-16-24(25)43-18-26(38)35-23-14-8-10-19-9-6-7-13-22(19)23)27-28-30(44-31-29(27)45-34(41)36-31)33(40)37(32(28)39)21-11-4-3-5-12-21/h3-17,27-28,30H,2,18H2,1H3,(H,35,38)(H,36,41)/t27-,28?,30?/m1/s1. The molecule has 7 rings (SSSR count). The van der Waals surface area contributed by atoms with Crippen LogP contribution in [0.15, 0.2) is 101 Å². The number of imide groups is 1. The van der Waals surface area contributed by atoms with Crippen LogP contribution in [0.4, 0.5) is 11.4 Å². The summed E-state index contributed by atoms with van der Waals surface area (Å²) < 4.78 is 11.9. The second-order valence-corrected chi connectivity index (χ2v) is 12.8. The molecule has 2 aliphatic rings. The number of nitrogens with zero attached hydrogens (tertiary/aromatic N) is 1. The third kappa shape index (κ3) is 5.27. The van der Waals surface area contributed by atoms with Gasteiger partial charge in [0.2, 0.25) is 11.8 Å². The number of rotatable bonds is 8. The van der Waals surface area contributed by atoms with Crippen molar-refractivity contribution in [3.05, 3.63) is 111 Å². The summed E-state index contributed by atoms with van der Waals surface area (Å²) in [4.78, 5) is 57.5. The molecule has 11 heteroatoms. The molecule has 0 bridgehead atoms. The van der Waals surface area contributed by atoms with E-state index in [4.69, 9.17) is 9.47 Å². The fourth-order valence-corrected chi connectivity index (χ4v) is 8.49. The van der Waals surface area contributed by atoms with Gasteiger partial charge in [0.05, 0.1) is 23.2 Å². The average molecular weight is 638 g/mol. The molecule has 3 atom stereocenters. The van der Waals surface area contributed by atoms with E-state index >= 15 is 0 Å². The van der Waals surface area contributed by atoms with Gasteiger partial charge in [-0.2, -0.15) is 0 Å². The highest BCUT2D eigenvalue weighted by Crippen LogP contribution is 2.53. The van der Waals surface area contributed by atoms with Crippen molar-refractivity contribution in [3.8, 4) is 11.5 Å². The van der Waals surface area contributed by atoms with Crippen LogP contribution >= 0.6 is 23.1 Å². The lowest BCUT2D eigenvalue weighted by molar-refractivity contribution is -0.122. The number of aromatic nitrogens is 1. The second kappa shape index (κ2) is 11.9. The lowest BCUT2D eigenvalue weighted by atomic mass is 9.83. The van der Waals surface area contributed by atoms with Gasteiger partial charge >= 0.3 is 4.87 Å². The van der Waals surface area contributed by atoms with Crippen LogP contribution in [-0.2, 0) is 14.4 Å². The van der Waals surface area contributed by atoms with Crippen molar-refractivity contribution >= 4 is 63.0 Å². The number of benzene rings is 4. The topological polar surface area (TPSA) is 118 Å². The number of hydrogen-bond acceptors (Lipinski definition) is 8. The summed E-state index contributed by atoms with van der Waals surface area (Å²) >= 11 is 2.27. The smallest absolute Gasteiger partial charge is 0.305 e. The Labute approximate surface area is 266 Å². The Bertz CT molecular complexity index is 2000. The Morgan fingerprint density at radius 2 is 1.67 bits per heavy atom. The Morgan fingerprint density at radius 3 is 2.49 bits per heavy atom. The molecule has 0 radical (unpaired) electrons. The van der Waals surface area contributed by atoms with E-state index in [2.05, 4.69) is 10.3 Å². The zero-order chi connectivity index (χ0) is 31.1. The molecular weight excluding hydrogens is 611 g/mol. The lowest BCUT2D eigenvalue weighted by Gasteiger charge is -2.30. The molecule has 45 heavy (non-hydrogen) atoms. The summed E-state index contributed by atoms with van der Waals surface area (Å²) in [5, 5.41) is 4.75. The van der Waals surface area contributed by atoms with E-state index in [1.54, 1.807) is 42.5 Å². The van der Waals surface area contributed by atoms with Crippen LogP contribution in [0.1, 0.15) is 23.3 Å². The Morgan fingerprint density at radius 1 is 0.889 bits per heavy atom. The van der Waals surface area contributed by atoms with E-state index in [-0.39, 0.29) is 29.2 Å². The highest BCUT2D eigenvalue weighted by atomic mass is 32.2. The van der Waals surface area contributed by atoms with Gasteiger partial charge < -0.3 is 19.8 Å². The number of anilines is 2. The molecule has 1 saturated heterocycles. The number of fused-ring (bicyclic) bond motifs is 3. The third-order valence-electron chi connectivity index (χ3n) is 7.89. The van der Waals surface area contributed by atoms with Gasteiger partial charge in [0, 0.05) is 21.9 Å². The van der Waals surface area contributed by atoms with Gasteiger partial charge in [0.25, 0.3) is 5.91 Å². The van der Waals surface area contributed by atoms with Crippen molar-refractivity contribution in [2.45, 2.75) is 23.1 Å². The zero-order valence-corrected chi connectivity index (χ0v) is 25.7. The molecule has 226 valence electrons. The Kier molecular flexibility index (Phi) is 7.64. The molecular formula is C34H27N3O6S2. The highest BCUT2D eigenvalue weighted by Gasteiger charge is 2.56. The average Bonchev–Trinajstić information content (AvgIpc) is 3.55. The summed E-state index contributed by atoms with van der Waals surface area (Å²) in [5.74, 6) is -1.50. The number of amides is 3. The van der Waals surface area contributed by atoms with Gasteiger partial charge in [-0.3, -0.25) is 19.2 Å². The van der Waals surface area contributed by atoms with Crippen molar-refractivity contribution in [1.82, 2.24) is 4.98 Å². The van der Waals surface area contributed by atoms with Crippen molar-refractivity contribution in [3.63, 3.8) is 0 Å². The number of aromatic amines is 1. The van der Waals surface area contributed by atoms with Gasteiger partial charge in [-0.1, -0.05) is 83.8 Å². The van der Waals surface area contributed by atoms with Crippen LogP contribution in [0.2, 0.25) is 0 Å². The van der Waals surface area contributed by atoms with Gasteiger partial charge in [-0.25, -0.2) is 4.90 Å². The van der Waals surface area contributed by atoms with E-state index in [1.165, 1.54) is 16.7 Å². The van der Waals surface area contributed by atoms with E-state index < -0.39 is 17.1 Å². The van der Waals surface area contributed by atoms with E-state index in [0.29, 0.717) is 44.9 Å². The quantitative estimate of drug-likeness (QED) is 0.207. The first-order chi connectivity index (χ1) is 21.9. The number of thioether (sulfide) groups is 1. The maximum absolute atomic E-state index is 13.9. The number of ether oxygens (including phenoxy) is 2. The Hall–Kier alpha value is -4.87. The van der Waals surface area contributed by atoms with Crippen molar-refractivity contribution in [2.24, 2.45) is 5.92 Å². The van der Waals surface area contributed by atoms with Crippen LogP contribution in [0.3, 0.4) is 0 Å². The molecule has 1 fully saturated rings. The maximum Gasteiger partial charge on any atom is 0.305 e. The van der Waals surface area contributed by atoms with Crippen molar-refractivity contribution in [1.29, 1.82) is 0 Å². The molecule has 0 spiro atoms. The summed E-state index contributed by atoms with van der Waals surface area (Å²) in [6.45, 7) is 1.91. The van der Waals surface area contributed by atoms with E-state index in [9.17, 15) is 19.2 Å². The number of para-hydroxylation sites is 1. The molecule has 2 N–H and O–H groups in total. The molecule has 0 aliphatic carbocycles.